The summed E-state index contributed by atoms with van der Waals surface area (Å²) < 4.78 is 27.5. The minimum Gasteiger partial charge on any atom is -0.444 e. The van der Waals surface area contributed by atoms with E-state index in [1.807, 2.05) is 30.3 Å². The van der Waals surface area contributed by atoms with Crippen molar-refractivity contribution in [3.8, 4) is 5.69 Å². The minimum absolute atomic E-state index is 0.00985. The lowest BCUT2D eigenvalue weighted by Crippen LogP contribution is -2.56. The first-order valence-electron chi connectivity index (χ1n) is 15.0. The number of primary amides is 1. The molecule has 3 heterocycles. The van der Waals surface area contributed by atoms with E-state index in [4.69, 9.17) is 15.2 Å². The van der Waals surface area contributed by atoms with Crippen LogP contribution in [0.15, 0.2) is 61.1 Å². The molecule has 13 nitrogen and oxygen atoms in total. The van der Waals surface area contributed by atoms with E-state index in [-0.39, 0.29) is 17.2 Å². The summed E-state index contributed by atoms with van der Waals surface area (Å²) in [6.45, 7) is 7.46. The number of carbonyl (C=O) groups excluding carboxylic acids is 2. The van der Waals surface area contributed by atoms with Gasteiger partial charge in [-0.15, -0.1) is 4.80 Å². The van der Waals surface area contributed by atoms with E-state index in [1.54, 1.807) is 40.0 Å². The van der Waals surface area contributed by atoms with E-state index in [9.17, 15) is 9.59 Å². The van der Waals surface area contributed by atoms with Gasteiger partial charge in [0.25, 0.3) is 5.91 Å². The van der Waals surface area contributed by atoms with Gasteiger partial charge in [-0.25, -0.2) is 14.2 Å². The number of carbonyl (C=O) groups is 2. The molecule has 0 radical (unpaired) electrons. The molecular weight excluding hydrogens is 593 g/mol. The monoisotopic (exact) mass is 631 g/mol. The number of aryl methyl sites for hydroxylation is 1. The fourth-order valence-corrected chi connectivity index (χ4v) is 5.24. The number of amides is 2. The van der Waals surface area contributed by atoms with E-state index in [2.05, 4.69) is 36.1 Å². The van der Waals surface area contributed by atoms with E-state index in [1.165, 1.54) is 17.2 Å². The van der Waals surface area contributed by atoms with Crippen LogP contribution in [-0.4, -0.2) is 60.8 Å². The smallest absolute Gasteiger partial charge is 0.407 e. The first kappa shape index (κ1) is 32.3. The highest BCUT2D eigenvalue weighted by molar-refractivity contribution is 5.98. The molecule has 0 saturated heterocycles. The lowest BCUT2D eigenvalue weighted by Gasteiger charge is -2.39. The lowest BCUT2D eigenvalue weighted by molar-refractivity contribution is -0.00338. The molecular formula is C32H38FN9O4. The maximum atomic E-state index is 15.6. The van der Waals surface area contributed by atoms with Crippen LogP contribution in [0.1, 0.15) is 61.6 Å². The van der Waals surface area contributed by atoms with Gasteiger partial charge in [0.15, 0.2) is 11.6 Å². The molecule has 3 atom stereocenters. The molecule has 5 N–H and O–H groups in total. The Labute approximate surface area is 266 Å². The van der Waals surface area contributed by atoms with Gasteiger partial charge >= 0.3 is 6.09 Å². The molecule has 0 bridgehead atoms. The molecule has 14 heteroatoms. The SMILES string of the molecule is Cc1ncc(Nc2nc(NC3[C@@H](NC(=O)OC(C)(C)C)CCC[C@@H]3OCc3ccccc3)c(F)cc2C(N)=O)cc1-n1nccn1. The highest BCUT2D eigenvalue weighted by Gasteiger charge is 2.37. The zero-order valence-corrected chi connectivity index (χ0v) is 26.2. The van der Waals surface area contributed by atoms with Gasteiger partial charge < -0.3 is 31.2 Å². The van der Waals surface area contributed by atoms with Crippen LogP contribution in [0.2, 0.25) is 0 Å². The molecule has 0 spiro atoms. The Hall–Kier alpha value is -5.11. The first-order valence-corrected chi connectivity index (χ1v) is 15.0. The second kappa shape index (κ2) is 13.9. The quantitative estimate of drug-likeness (QED) is 0.191. The molecule has 1 aliphatic rings. The van der Waals surface area contributed by atoms with Crippen molar-refractivity contribution in [2.24, 2.45) is 5.73 Å². The summed E-state index contributed by atoms with van der Waals surface area (Å²) in [5.41, 5.74) is 7.42. The number of rotatable bonds is 10. The van der Waals surface area contributed by atoms with Gasteiger partial charge in [-0.1, -0.05) is 30.3 Å². The Kier molecular flexibility index (Phi) is 9.75. The highest BCUT2D eigenvalue weighted by atomic mass is 19.1. The molecule has 1 fully saturated rings. The van der Waals surface area contributed by atoms with Crippen LogP contribution >= 0.6 is 0 Å². The number of hydrogen-bond donors (Lipinski definition) is 4. The molecule has 0 aliphatic heterocycles. The largest absolute Gasteiger partial charge is 0.444 e. The lowest BCUT2D eigenvalue weighted by atomic mass is 9.87. The van der Waals surface area contributed by atoms with Gasteiger partial charge in [-0.3, -0.25) is 9.78 Å². The normalized spacial score (nSPS) is 18.1. The average molecular weight is 632 g/mol. The van der Waals surface area contributed by atoms with Crippen molar-refractivity contribution in [3.63, 3.8) is 0 Å². The number of halogens is 1. The van der Waals surface area contributed by atoms with Gasteiger partial charge in [0.1, 0.15) is 17.1 Å². The molecule has 46 heavy (non-hydrogen) atoms. The first-order chi connectivity index (χ1) is 22.0. The van der Waals surface area contributed by atoms with Crippen LogP contribution in [-0.2, 0) is 16.1 Å². The number of benzene rings is 1. The summed E-state index contributed by atoms with van der Waals surface area (Å²) in [5.74, 6) is -1.82. The number of alkyl carbamates (subject to hydrolysis) is 1. The van der Waals surface area contributed by atoms with Crippen LogP contribution in [0, 0.1) is 12.7 Å². The maximum Gasteiger partial charge on any atom is 0.407 e. The minimum atomic E-state index is -0.874. The second-order valence-corrected chi connectivity index (χ2v) is 12.0. The van der Waals surface area contributed by atoms with Crippen molar-refractivity contribution in [3.05, 3.63) is 83.7 Å². The van der Waals surface area contributed by atoms with Crippen molar-refractivity contribution in [2.75, 3.05) is 10.6 Å². The van der Waals surface area contributed by atoms with Crippen LogP contribution in [0.3, 0.4) is 0 Å². The third kappa shape index (κ3) is 8.13. The maximum absolute atomic E-state index is 15.6. The molecule has 1 unspecified atom stereocenters. The Bertz CT molecular complexity index is 1660. The topological polar surface area (TPSA) is 171 Å². The van der Waals surface area contributed by atoms with Crippen molar-refractivity contribution >= 4 is 29.3 Å². The van der Waals surface area contributed by atoms with Gasteiger partial charge in [0.05, 0.1) is 60.3 Å². The summed E-state index contributed by atoms with van der Waals surface area (Å²) in [4.78, 5) is 35.4. The zero-order chi connectivity index (χ0) is 32.8. The van der Waals surface area contributed by atoms with E-state index < -0.39 is 41.6 Å². The number of nitrogens with zero attached hydrogens (tertiary/aromatic N) is 5. The van der Waals surface area contributed by atoms with Crippen LogP contribution < -0.4 is 21.7 Å². The molecule has 1 aromatic carbocycles. The molecule has 5 rings (SSSR count). The summed E-state index contributed by atoms with van der Waals surface area (Å²) >= 11 is 0. The number of nitrogens with two attached hydrogens (primary N) is 1. The second-order valence-electron chi connectivity index (χ2n) is 12.0. The molecule has 1 saturated carbocycles. The van der Waals surface area contributed by atoms with E-state index >= 15 is 4.39 Å². The molecule has 242 valence electrons. The zero-order valence-electron chi connectivity index (χ0n) is 26.2. The van der Waals surface area contributed by atoms with Gasteiger partial charge in [-0.05, 0) is 64.7 Å². The number of anilines is 3. The number of hydrogen-bond acceptors (Lipinski definition) is 10. The Balaban J connectivity index is 1.45. The average Bonchev–Trinajstić information content (AvgIpc) is 3.54. The van der Waals surface area contributed by atoms with Crippen LogP contribution in [0.25, 0.3) is 5.69 Å². The van der Waals surface area contributed by atoms with Gasteiger partial charge in [0.2, 0.25) is 0 Å². The van der Waals surface area contributed by atoms with Crippen molar-refractivity contribution in [1.29, 1.82) is 0 Å². The van der Waals surface area contributed by atoms with Crippen molar-refractivity contribution in [2.45, 2.75) is 77.4 Å². The third-order valence-corrected chi connectivity index (χ3v) is 7.35. The Morgan fingerprint density at radius 1 is 1.09 bits per heavy atom. The summed E-state index contributed by atoms with van der Waals surface area (Å²) in [7, 11) is 0. The van der Waals surface area contributed by atoms with Crippen molar-refractivity contribution in [1.82, 2.24) is 30.3 Å². The van der Waals surface area contributed by atoms with E-state index in [0.29, 0.717) is 36.5 Å². The van der Waals surface area contributed by atoms with Gasteiger partial charge in [0, 0.05) is 0 Å². The number of aromatic nitrogens is 5. The molecule has 2 amide bonds. The van der Waals surface area contributed by atoms with Crippen LogP contribution in [0.5, 0.6) is 0 Å². The highest BCUT2D eigenvalue weighted by Crippen LogP contribution is 2.30. The van der Waals surface area contributed by atoms with Crippen LogP contribution in [0.4, 0.5) is 26.5 Å². The Morgan fingerprint density at radius 3 is 2.52 bits per heavy atom. The number of pyridine rings is 2. The predicted octanol–water partition coefficient (Wildman–Crippen LogP) is 4.79. The predicted molar refractivity (Wildman–Crippen MR) is 169 cm³/mol. The number of ether oxygens (including phenoxy) is 2. The molecule has 3 aromatic heterocycles. The Morgan fingerprint density at radius 2 is 1.83 bits per heavy atom. The summed E-state index contributed by atoms with van der Waals surface area (Å²) in [6.07, 6.45) is 5.61. The molecule has 4 aromatic rings. The number of nitrogens with one attached hydrogen (secondary N) is 3. The summed E-state index contributed by atoms with van der Waals surface area (Å²) in [5, 5.41) is 17.5. The van der Waals surface area contributed by atoms with E-state index in [0.717, 1.165) is 18.1 Å². The van der Waals surface area contributed by atoms with Gasteiger partial charge in [-0.2, -0.15) is 10.2 Å². The fourth-order valence-electron chi connectivity index (χ4n) is 5.24. The molecule has 1 aliphatic carbocycles. The summed E-state index contributed by atoms with van der Waals surface area (Å²) in [6, 6.07) is 11.3. The third-order valence-electron chi connectivity index (χ3n) is 7.35. The fraction of sp³-hybridized carbons (Fsp3) is 0.375. The van der Waals surface area contributed by atoms with Crippen molar-refractivity contribution < 1.29 is 23.5 Å². The standard InChI is InChI=1S/C32H38FN9O4/c1-19-25(42-36-13-14-37-42)15-21(17-35-19)38-29-22(28(34)43)16-23(33)30(41-29)40-27-24(39-31(44)46-32(2,3)4)11-8-12-26(27)45-18-20-9-6-5-7-10-20/h5-7,9-10,13-17,24,26-27H,8,11-12,18H2,1-4H3,(H2,34,43)(H,39,44)(H2,38,40,41)/t24-,26-,27?/m0/s1.